The molecule has 2 aromatic rings. The minimum absolute atomic E-state index is 0.187. The summed E-state index contributed by atoms with van der Waals surface area (Å²) in [5, 5.41) is 7.15. The number of alkyl halides is 3. The molecule has 8 nitrogen and oxygen atoms in total. The first kappa shape index (κ1) is 24.2. The zero-order valence-electron chi connectivity index (χ0n) is 18.1. The van der Waals surface area contributed by atoms with Crippen LogP contribution in [0.2, 0.25) is 0 Å². The van der Waals surface area contributed by atoms with Gasteiger partial charge in [0.25, 0.3) is 4.84 Å². The largest absolute Gasteiger partial charge is 0.573 e. The molecule has 0 spiro atoms. The molecule has 1 N–H and O–H groups in total. The van der Waals surface area contributed by atoms with Crippen molar-refractivity contribution in [3.05, 3.63) is 35.0 Å². The Labute approximate surface area is 188 Å². The molecule has 1 aliphatic rings. The number of anilines is 1. The summed E-state index contributed by atoms with van der Waals surface area (Å²) in [5.41, 5.74) is 0.175. The number of amides is 1. The number of carbonyl (C=O) groups excluding carboxylic acids is 1. The fraction of sp³-hybridized carbons (Fsp3) is 0.550. The fourth-order valence-electron chi connectivity index (χ4n) is 3.12. The summed E-state index contributed by atoms with van der Waals surface area (Å²) in [5.74, 6) is 0.0146. The molecule has 0 unspecified atom stereocenters. The molecule has 1 aromatic carbocycles. The highest BCUT2D eigenvalue weighted by molar-refractivity contribution is 7.71. The molecule has 0 atom stereocenters. The van der Waals surface area contributed by atoms with Crippen LogP contribution in [0.5, 0.6) is 5.75 Å². The Hall–Kier alpha value is -2.44. The Morgan fingerprint density at radius 2 is 1.72 bits per heavy atom. The molecule has 0 bridgehead atoms. The number of hydrogen-bond acceptors (Lipinski definition) is 7. The second-order valence-corrected chi connectivity index (χ2v) is 8.93. The molecular formula is C20H26F3N5O3S. The van der Waals surface area contributed by atoms with Crippen LogP contribution in [0.3, 0.4) is 0 Å². The maximum Gasteiger partial charge on any atom is 0.573 e. The Morgan fingerprint density at radius 1 is 1.12 bits per heavy atom. The van der Waals surface area contributed by atoms with Gasteiger partial charge in [0.1, 0.15) is 5.75 Å². The quantitative estimate of drug-likeness (QED) is 0.643. The summed E-state index contributed by atoms with van der Waals surface area (Å²) in [6, 6.07) is 5.04. The molecular weight excluding hydrogens is 447 g/mol. The van der Waals surface area contributed by atoms with E-state index in [-0.39, 0.29) is 23.6 Å². The predicted molar refractivity (Wildman–Crippen MR) is 114 cm³/mol. The van der Waals surface area contributed by atoms with Gasteiger partial charge in [0.15, 0.2) is 0 Å². The van der Waals surface area contributed by atoms with Crippen molar-refractivity contribution in [2.45, 2.75) is 39.2 Å². The van der Waals surface area contributed by atoms with Gasteiger partial charge in [0.2, 0.25) is 11.8 Å². The van der Waals surface area contributed by atoms with Gasteiger partial charge in [0.05, 0.1) is 13.2 Å². The van der Waals surface area contributed by atoms with E-state index in [1.807, 2.05) is 25.7 Å². The second-order valence-electron chi connectivity index (χ2n) is 8.58. The van der Waals surface area contributed by atoms with Gasteiger partial charge in [-0.05, 0) is 36.5 Å². The van der Waals surface area contributed by atoms with Crippen molar-refractivity contribution >= 4 is 23.8 Å². The number of benzene rings is 1. The van der Waals surface area contributed by atoms with Gasteiger partial charge in [-0.25, -0.2) is 4.68 Å². The standard InChI is InChI=1S/C20H26F3N5O3S/c1-19(2,3)17-25-28(18(32)30-17)13-27-10-8-26(9-11-27)12-16(29)24-14-4-6-15(7-5-14)31-20(21,22)23/h4-7H,8-13H2,1-3H3,(H,24,29). The smallest absolute Gasteiger partial charge is 0.413 e. The van der Waals surface area contributed by atoms with Crippen LogP contribution in [0.4, 0.5) is 18.9 Å². The number of carbonyl (C=O) groups is 1. The van der Waals surface area contributed by atoms with Crippen molar-refractivity contribution < 1.29 is 27.1 Å². The Balaban J connectivity index is 1.44. The van der Waals surface area contributed by atoms with Gasteiger partial charge in [0, 0.05) is 37.3 Å². The predicted octanol–water partition coefficient (Wildman–Crippen LogP) is 3.62. The first-order valence-corrected chi connectivity index (χ1v) is 10.5. The molecule has 3 rings (SSSR count). The van der Waals surface area contributed by atoms with E-state index in [1.54, 1.807) is 4.68 Å². The number of piperazine rings is 1. The lowest BCUT2D eigenvalue weighted by molar-refractivity contribution is -0.274. The van der Waals surface area contributed by atoms with E-state index in [4.69, 9.17) is 16.6 Å². The average molecular weight is 474 g/mol. The Bertz CT molecular complexity index is 974. The van der Waals surface area contributed by atoms with Gasteiger partial charge < -0.3 is 14.5 Å². The van der Waals surface area contributed by atoms with Crippen LogP contribution in [0, 0.1) is 4.84 Å². The van der Waals surface area contributed by atoms with Crippen LogP contribution in [0.25, 0.3) is 0 Å². The lowest BCUT2D eigenvalue weighted by Crippen LogP contribution is -2.49. The molecule has 0 saturated carbocycles. The molecule has 1 aliphatic heterocycles. The molecule has 1 aromatic heterocycles. The Kier molecular flexibility index (Phi) is 7.25. The van der Waals surface area contributed by atoms with Crippen LogP contribution in [0.15, 0.2) is 28.7 Å². The van der Waals surface area contributed by atoms with E-state index >= 15 is 0 Å². The summed E-state index contributed by atoms with van der Waals surface area (Å²) < 4.78 is 47.7. The number of nitrogens with zero attached hydrogens (tertiary/aromatic N) is 4. The summed E-state index contributed by atoms with van der Waals surface area (Å²) in [6.07, 6.45) is -4.75. The molecule has 1 fully saturated rings. The van der Waals surface area contributed by atoms with Gasteiger partial charge in [-0.1, -0.05) is 20.8 Å². The number of nitrogens with one attached hydrogen (secondary N) is 1. The molecule has 176 valence electrons. The third-order valence-corrected chi connectivity index (χ3v) is 5.08. The molecule has 0 aliphatic carbocycles. The molecule has 1 saturated heterocycles. The molecule has 1 amide bonds. The first-order valence-electron chi connectivity index (χ1n) is 10.1. The number of aromatic nitrogens is 2. The second kappa shape index (κ2) is 9.59. The average Bonchev–Trinajstić information content (AvgIpc) is 3.05. The summed E-state index contributed by atoms with van der Waals surface area (Å²) in [4.78, 5) is 16.8. The van der Waals surface area contributed by atoms with Crippen molar-refractivity contribution in [3.63, 3.8) is 0 Å². The third kappa shape index (κ3) is 7.04. The monoisotopic (exact) mass is 473 g/mol. The van der Waals surface area contributed by atoms with Gasteiger partial charge in [-0.15, -0.1) is 18.3 Å². The van der Waals surface area contributed by atoms with Gasteiger partial charge in [-0.3, -0.25) is 14.6 Å². The van der Waals surface area contributed by atoms with E-state index in [0.29, 0.717) is 36.2 Å². The first-order chi connectivity index (χ1) is 14.9. The minimum Gasteiger partial charge on any atom is -0.413 e. The van der Waals surface area contributed by atoms with Crippen molar-refractivity contribution in [2.24, 2.45) is 0 Å². The van der Waals surface area contributed by atoms with Crippen LogP contribution < -0.4 is 10.1 Å². The zero-order valence-corrected chi connectivity index (χ0v) is 18.9. The SMILES string of the molecule is CC(C)(C)c1nn(CN2CCN(CC(=O)Nc3ccc(OC(F)(F)F)cc3)CC2)c(=S)o1. The third-order valence-electron chi connectivity index (χ3n) is 4.79. The number of rotatable bonds is 6. The van der Waals surface area contributed by atoms with E-state index < -0.39 is 6.36 Å². The summed E-state index contributed by atoms with van der Waals surface area (Å²) in [7, 11) is 0. The van der Waals surface area contributed by atoms with Crippen molar-refractivity contribution in [1.29, 1.82) is 0 Å². The molecule has 2 heterocycles. The van der Waals surface area contributed by atoms with Crippen molar-refractivity contribution in [2.75, 3.05) is 38.0 Å². The highest BCUT2D eigenvalue weighted by Crippen LogP contribution is 2.24. The zero-order chi connectivity index (χ0) is 23.5. The lowest BCUT2D eigenvalue weighted by atomic mass is 9.97. The van der Waals surface area contributed by atoms with Crippen molar-refractivity contribution in [3.8, 4) is 5.75 Å². The highest BCUT2D eigenvalue weighted by Gasteiger charge is 2.31. The summed E-state index contributed by atoms with van der Waals surface area (Å²) in [6.45, 7) is 9.56. The molecule has 0 radical (unpaired) electrons. The van der Waals surface area contributed by atoms with Gasteiger partial charge in [-0.2, -0.15) is 0 Å². The van der Waals surface area contributed by atoms with Crippen LogP contribution >= 0.6 is 12.2 Å². The maximum atomic E-state index is 12.3. The topological polar surface area (TPSA) is 75.8 Å². The van der Waals surface area contributed by atoms with E-state index in [1.165, 1.54) is 12.1 Å². The summed E-state index contributed by atoms with van der Waals surface area (Å²) >= 11 is 5.27. The van der Waals surface area contributed by atoms with Crippen LogP contribution in [-0.2, 0) is 16.9 Å². The number of hydrogen-bond donors (Lipinski definition) is 1. The lowest BCUT2D eigenvalue weighted by Gasteiger charge is -2.33. The van der Waals surface area contributed by atoms with E-state index in [0.717, 1.165) is 25.2 Å². The maximum absolute atomic E-state index is 12.3. The van der Waals surface area contributed by atoms with Crippen molar-refractivity contribution in [1.82, 2.24) is 19.6 Å². The minimum atomic E-state index is -4.75. The Morgan fingerprint density at radius 3 is 2.25 bits per heavy atom. The number of halogens is 3. The van der Waals surface area contributed by atoms with Gasteiger partial charge >= 0.3 is 6.36 Å². The van der Waals surface area contributed by atoms with Crippen LogP contribution in [0.1, 0.15) is 26.7 Å². The highest BCUT2D eigenvalue weighted by atomic mass is 32.1. The molecule has 32 heavy (non-hydrogen) atoms. The number of ether oxygens (including phenoxy) is 1. The van der Waals surface area contributed by atoms with Crippen LogP contribution in [-0.4, -0.2) is 64.6 Å². The van der Waals surface area contributed by atoms with E-state index in [9.17, 15) is 18.0 Å². The van der Waals surface area contributed by atoms with E-state index in [2.05, 4.69) is 20.1 Å². The molecule has 12 heteroatoms. The fourth-order valence-corrected chi connectivity index (χ4v) is 3.30. The normalized spacial score (nSPS) is 16.2.